The number of rotatable bonds is 5. The third kappa shape index (κ3) is 3.30. The van der Waals surface area contributed by atoms with Crippen molar-refractivity contribution in [3.8, 4) is 5.75 Å². The average Bonchev–Trinajstić information content (AvgIpc) is 2.60. The molecule has 0 N–H and O–H groups in total. The Balaban J connectivity index is 1.95. The highest BCUT2D eigenvalue weighted by molar-refractivity contribution is 5.90. The Morgan fingerprint density at radius 2 is 1.88 bits per heavy atom. The zero-order valence-corrected chi connectivity index (χ0v) is 13.2. The molecule has 3 rings (SSSR count). The van der Waals surface area contributed by atoms with Crippen molar-refractivity contribution in [1.29, 1.82) is 0 Å². The molecule has 2 aromatic carbocycles. The summed E-state index contributed by atoms with van der Waals surface area (Å²) >= 11 is 0. The summed E-state index contributed by atoms with van der Waals surface area (Å²) in [6.45, 7) is 2.23. The second kappa shape index (κ2) is 7.00. The number of hydrogen-bond acceptors (Lipinski definition) is 5. The van der Waals surface area contributed by atoms with Crippen molar-refractivity contribution in [3.63, 3.8) is 0 Å². The lowest BCUT2D eigenvalue weighted by Gasteiger charge is -2.09. The van der Waals surface area contributed by atoms with E-state index in [-0.39, 0.29) is 23.4 Å². The van der Waals surface area contributed by atoms with Crippen LogP contribution in [0.15, 0.2) is 63.8 Å². The highest BCUT2D eigenvalue weighted by atomic mass is 16.5. The largest absolute Gasteiger partial charge is 0.488 e. The van der Waals surface area contributed by atoms with E-state index >= 15 is 0 Å². The van der Waals surface area contributed by atoms with Crippen LogP contribution >= 0.6 is 0 Å². The van der Waals surface area contributed by atoms with Gasteiger partial charge in [0, 0.05) is 6.07 Å². The van der Waals surface area contributed by atoms with E-state index in [0.29, 0.717) is 17.7 Å². The molecule has 0 amide bonds. The van der Waals surface area contributed by atoms with E-state index in [2.05, 4.69) is 0 Å². The Bertz CT molecular complexity index is 912. The van der Waals surface area contributed by atoms with Crippen molar-refractivity contribution < 1.29 is 18.7 Å². The van der Waals surface area contributed by atoms with Crippen LogP contribution in [0.3, 0.4) is 0 Å². The summed E-state index contributed by atoms with van der Waals surface area (Å²) in [6.07, 6.45) is 0. The lowest BCUT2D eigenvalue weighted by Crippen LogP contribution is -2.11. The van der Waals surface area contributed by atoms with E-state index in [4.69, 9.17) is 13.9 Å². The summed E-state index contributed by atoms with van der Waals surface area (Å²) in [5, 5.41) is 0.307. The second-order valence-electron chi connectivity index (χ2n) is 5.10. The van der Waals surface area contributed by atoms with Crippen LogP contribution in [0.2, 0.25) is 0 Å². The molecule has 0 aliphatic rings. The smallest absolute Gasteiger partial charge is 0.374 e. The molecule has 0 aliphatic carbocycles. The number of carbonyl (C=O) groups excluding carboxylic acids is 1. The predicted molar refractivity (Wildman–Crippen MR) is 89.2 cm³/mol. The minimum Gasteiger partial charge on any atom is -0.488 e. The molecule has 5 nitrogen and oxygen atoms in total. The van der Waals surface area contributed by atoms with Gasteiger partial charge in [0.05, 0.1) is 6.61 Å². The van der Waals surface area contributed by atoms with E-state index in [1.807, 2.05) is 30.3 Å². The maximum atomic E-state index is 12.4. The van der Waals surface area contributed by atoms with Crippen LogP contribution in [0.4, 0.5) is 0 Å². The molecule has 1 aromatic heterocycles. The first-order valence-corrected chi connectivity index (χ1v) is 7.59. The molecule has 3 aromatic rings. The van der Waals surface area contributed by atoms with E-state index in [1.54, 1.807) is 25.1 Å². The van der Waals surface area contributed by atoms with Crippen molar-refractivity contribution in [1.82, 2.24) is 0 Å². The van der Waals surface area contributed by atoms with Gasteiger partial charge in [-0.15, -0.1) is 0 Å². The summed E-state index contributed by atoms with van der Waals surface area (Å²) in [4.78, 5) is 24.1. The molecule has 0 bridgehead atoms. The van der Waals surface area contributed by atoms with Crippen LogP contribution in [0, 0.1) is 0 Å². The number of ether oxygens (including phenoxy) is 2. The molecular weight excluding hydrogens is 308 g/mol. The predicted octanol–water partition coefficient (Wildman–Crippen LogP) is 3.55. The highest BCUT2D eigenvalue weighted by Crippen LogP contribution is 2.24. The summed E-state index contributed by atoms with van der Waals surface area (Å²) < 4.78 is 16.1. The fraction of sp³-hybridized carbons (Fsp3) is 0.158. The van der Waals surface area contributed by atoms with Gasteiger partial charge in [-0.05, 0) is 24.6 Å². The monoisotopic (exact) mass is 324 g/mol. The molecule has 5 heteroatoms. The summed E-state index contributed by atoms with van der Waals surface area (Å²) in [5.41, 5.74) is 0.932. The topological polar surface area (TPSA) is 65.7 Å². The van der Waals surface area contributed by atoms with Crippen molar-refractivity contribution >= 4 is 16.9 Å². The van der Waals surface area contributed by atoms with Crippen molar-refractivity contribution in [2.45, 2.75) is 13.5 Å². The van der Waals surface area contributed by atoms with E-state index in [9.17, 15) is 9.59 Å². The lowest BCUT2D eigenvalue weighted by molar-refractivity contribution is 0.0490. The quantitative estimate of drug-likeness (QED) is 0.672. The van der Waals surface area contributed by atoms with Gasteiger partial charge in [0.25, 0.3) is 0 Å². The zero-order chi connectivity index (χ0) is 16.9. The Morgan fingerprint density at radius 1 is 1.08 bits per heavy atom. The molecule has 0 radical (unpaired) electrons. The fourth-order valence-corrected chi connectivity index (χ4v) is 2.34. The maximum Gasteiger partial charge on any atom is 0.374 e. The first kappa shape index (κ1) is 15.8. The minimum atomic E-state index is -0.660. The molecule has 24 heavy (non-hydrogen) atoms. The SMILES string of the molecule is CCOC(=O)c1cc(=O)c2c(OCc3ccccc3)cccc2o1. The Kier molecular flexibility index (Phi) is 4.61. The second-order valence-corrected chi connectivity index (χ2v) is 5.10. The van der Waals surface area contributed by atoms with Crippen LogP contribution < -0.4 is 10.2 Å². The van der Waals surface area contributed by atoms with Crippen LogP contribution in [-0.4, -0.2) is 12.6 Å². The zero-order valence-electron chi connectivity index (χ0n) is 13.2. The summed E-state index contributed by atoms with van der Waals surface area (Å²) in [6, 6.07) is 15.8. The number of esters is 1. The molecule has 0 aliphatic heterocycles. The minimum absolute atomic E-state index is 0.116. The van der Waals surface area contributed by atoms with Gasteiger partial charge in [-0.25, -0.2) is 4.79 Å². The number of benzene rings is 2. The molecule has 0 saturated carbocycles. The summed E-state index contributed by atoms with van der Waals surface area (Å²) in [5.74, 6) is -0.359. The number of hydrogen-bond donors (Lipinski definition) is 0. The normalized spacial score (nSPS) is 10.5. The van der Waals surface area contributed by atoms with Gasteiger partial charge in [0.1, 0.15) is 23.3 Å². The van der Waals surface area contributed by atoms with Gasteiger partial charge in [-0.2, -0.15) is 0 Å². The first-order valence-electron chi connectivity index (χ1n) is 7.59. The van der Waals surface area contributed by atoms with E-state index in [0.717, 1.165) is 11.6 Å². The highest BCUT2D eigenvalue weighted by Gasteiger charge is 2.15. The molecule has 0 fully saturated rings. The summed E-state index contributed by atoms with van der Waals surface area (Å²) in [7, 11) is 0. The third-order valence-corrected chi connectivity index (χ3v) is 3.43. The molecule has 122 valence electrons. The van der Waals surface area contributed by atoms with Crippen LogP contribution in [0.5, 0.6) is 5.75 Å². The number of carbonyl (C=O) groups is 1. The third-order valence-electron chi connectivity index (χ3n) is 3.43. The molecule has 0 spiro atoms. The molecule has 0 atom stereocenters. The Labute approximate surface area is 138 Å². The van der Waals surface area contributed by atoms with Gasteiger partial charge in [0.15, 0.2) is 5.43 Å². The van der Waals surface area contributed by atoms with Gasteiger partial charge in [0.2, 0.25) is 5.76 Å². The maximum absolute atomic E-state index is 12.4. The van der Waals surface area contributed by atoms with E-state index < -0.39 is 5.97 Å². The van der Waals surface area contributed by atoms with Gasteiger partial charge >= 0.3 is 5.97 Å². The average molecular weight is 324 g/mol. The Morgan fingerprint density at radius 3 is 2.62 bits per heavy atom. The lowest BCUT2D eigenvalue weighted by atomic mass is 10.2. The first-order chi connectivity index (χ1) is 11.7. The number of fused-ring (bicyclic) bond motifs is 1. The van der Waals surface area contributed by atoms with Crippen LogP contribution in [0.1, 0.15) is 23.0 Å². The van der Waals surface area contributed by atoms with E-state index in [1.165, 1.54) is 0 Å². The molecule has 1 heterocycles. The van der Waals surface area contributed by atoms with Crippen molar-refractivity contribution in [3.05, 3.63) is 76.1 Å². The molecule has 0 unspecified atom stereocenters. The van der Waals surface area contributed by atoms with Gasteiger partial charge in [-0.3, -0.25) is 4.79 Å². The van der Waals surface area contributed by atoms with Crippen LogP contribution in [0.25, 0.3) is 11.0 Å². The molecular formula is C19H16O5. The van der Waals surface area contributed by atoms with Crippen LogP contribution in [-0.2, 0) is 11.3 Å². The van der Waals surface area contributed by atoms with Gasteiger partial charge < -0.3 is 13.9 Å². The Hall–Kier alpha value is -3.08. The standard InChI is InChI=1S/C19H16O5/c1-2-22-19(21)17-11-14(20)18-15(9-6-10-16(18)24-17)23-12-13-7-4-3-5-8-13/h3-11H,2,12H2,1H3. The van der Waals surface area contributed by atoms with Crippen molar-refractivity contribution in [2.24, 2.45) is 0 Å². The fourth-order valence-electron chi connectivity index (χ4n) is 2.34. The molecule has 0 saturated heterocycles. The van der Waals surface area contributed by atoms with Gasteiger partial charge in [-0.1, -0.05) is 36.4 Å². The van der Waals surface area contributed by atoms with Crippen molar-refractivity contribution in [2.75, 3.05) is 6.61 Å².